The van der Waals surface area contributed by atoms with Crippen LogP contribution in [0.1, 0.15) is 13.3 Å². The first-order valence-corrected chi connectivity index (χ1v) is 5.54. The zero-order chi connectivity index (χ0) is 13.5. The quantitative estimate of drug-likeness (QED) is 0.808. The Morgan fingerprint density at radius 3 is 2.50 bits per heavy atom. The molecular formula is C12H15F2NO3. The number of amides is 1. The van der Waals surface area contributed by atoms with Gasteiger partial charge in [-0.2, -0.15) is 0 Å². The van der Waals surface area contributed by atoms with Gasteiger partial charge < -0.3 is 15.2 Å². The lowest BCUT2D eigenvalue weighted by Crippen LogP contribution is -2.39. The van der Waals surface area contributed by atoms with Gasteiger partial charge in [0.15, 0.2) is 6.61 Å². The van der Waals surface area contributed by atoms with Gasteiger partial charge in [-0.25, -0.2) is 8.78 Å². The van der Waals surface area contributed by atoms with Gasteiger partial charge in [-0.3, -0.25) is 4.79 Å². The molecule has 1 atom stereocenters. The van der Waals surface area contributed by atoms with Crippen molar-refractivity contribution in [2.24, 2.45) is 0 Å². The fourth-order valence-corrected chi connectivity index (χ4v) is 1.31. The minimum Gasteiger partial charge on any atom is -0.484 e. The highest BCUT2D eigenvalue weighted by Gasteiger charge is 2.10. The van der Waals surface area contributed by atoms with Crippen molar-refractivity contribution < 1.29 is 23.4 Å². The van der Waals surface area contributed by atoms with Gasteiger partial charge in [0.05, 0.1) is 12.6 Å². The first-order chi connectivity index (χ1) is 8.55. The third kappa shape index (κ3) is 4.67. The molecule has 6 heteroatoms. The number of benzene rings is 1. The van der Waals surface area contributed by atoms with E-state index in [1.54, 1.807) is 0 Å². The molecule has 1 aromatic rings. The third-order valence-corrected chi connectivity index (χ3v) is 2.28. The number of rotatable bonds is 6. The fourth-order valence-electron chi connectivity index (χ4n) is 1.31. The summed E-state index contributed by atoms with van der Waals surface area (Å²) in [5.74, 6) is -2.06. The SMILES string of the molecule is CCC(CO)NC(=O)COc1cc(F)cc(F)c1. The van der Waals surface area contributed by atoms with Crippen molar-refractivity contribution in [2.45, 2.75) is 19.4 Å². The number of hydrogen-bond donors (Lipinski definition) is 2. The highest BCUT2D eigenvalue weighted by atomic mass is 19.1. The molecule has 1 amide bonds. The lowest BCUT2D eigenvalue weighted by atomic mass is 10.2. The lowest BCUT2D eigenvalue weighted by molar-refractivity contribution is -0.124. The van der Waals surface area contributed by atoms with E-state index in [9.17, 15) is 13.6 Å². The Bertz CT molecular complexity index is 388. The summed E-state index contributed by atoms with van der Waals surface area (Å²) in [6.07, 6.45) is 0.580. The Balaban J connectivity index is 2.47. The Morgan fingerprint density at radius 1 is 1.39 bits per heavy atom. The standard InChI is InChI=1S/C12H15F2NO3/c1-2-10(6-16)15-12(17)7-18-11-4-8(13)3-9(14)5-11/h3-5,10,16H,2,6-7H2,1H3,(H,15,17). The van der Waals surface area contributed by atoms with Crippen molar-refractivity contribution in [1.82, 2.24) is 5.32 Å². The van der Waals surface area contributed by atoms with Crippen molar-refractivity contribution in [1.29, 1.82) is 0 Å². The smallest absolute Gasteiger partial charge is 0.258 e. The maximum absolute atomic E-state index is 12.8. The zero-order valence-electron chi connectivity index (χ0n) is 9.95. The Labute approximate surface area is 104 Å². The van der Waals surface area contributed by atoms with Gasteiger partial charge in [0.2, 0.25) is 0 Å². The second kappa shape index (κ2) is 6.90. The van der Waals surface area contributed by atoms with Crippen molar-refractivity contribution in [3.8, 4) is 5.75 Å². The van der Waals surface area contributed by atoms with E-state index in [0.29, 0.717) is 12.5 Å². The van der Waals surface area contributed by atoms with Gasteiger partial charge in [0, 0.05) is 18.2 Å². The van der Waals surface area contributed by atoms with Gasteiger partial charge in [0.1, 0.15) is 17.4 Å². The normalized spacial score (nSPS) is 12.0. The van der Waals surface area contributed by atoms with Crippen molar-refractivity contribution in [2.75, 3.05) is 13.2 Å². The van der Waals surface area contributed by atoms with Crippen LogP contribution in [0.25, 0.3) is 0 Å². The molecule has 2 N–H and O–H groups in total. The molecule has 18 heavy (non-hydrogen) atoms. The molecule has 4 nitrogen and oxygen atoms in total. The molecule has 1 rings (SSSR count). The maximum atomic E-state index is 12.8. The molecule has 0 bridgehead atoms. The van der Waals surface area contributed by atoms with Gasteiger partial charge in [-0.1, -0.05) is 6.92 Å². The third-order valence-electron chi connectivity index (χ3n) is 2.28. The van der Waals surface area contributed by atoms with E-state index in [1.807, 2.05) is 6.92 Å². The number of halogens is 2. The van der Waals surface area contributed by atoms with Crippen LogP contribution >= 0.6 is 0 Å². The molecule has 0 aliphatic rings. The van der Waals surface area contributed by atoms with Crippen LogP contribution < -0.4 is 10.1 Å². The molecule has 0 aromatic heterocycles. The van der Waals surface area contributed by atoms with E-state index in [0.717, 1.165) is 12.1 Å². The molecule has 0 fully saturated rings. The van der Waals surface area contributed by atoms with Gasteiger partial charge >= 0.3 is 0 Å². The van der Waals surface area contributed by atoms with Gasteiger partial charge in [-0.15, -0.1) is 0 Å². The van der Waals surface area contributed by atoms with Gasteiger partial charge in [0.25, 0.3) is 5.91 Å². The first kappa shape index (κ1) is 14.4. The fraction of sp³-hybridized carbons (Fsp3) is 0.417. The number of ether oxygens (including phenoxy) is 1. The van der Waals surface area contributed by atoms with Crippen LogP contribution in [0.15, 0.2) is 18.2 Å². The highest BCUT2D eigenvalue weighted by Crippen LogP contribution is 2.14. The maximum Gasteiger partial charge on any atom is 0.258 e. The number of nitrogens with one attached hydrogen (secondary N) is 1. The highest BCUT2D eigenvalue weighted by molar-refractivity contribution is 5.77. The van der Waals surface area contributed by atoms with Crippen LogP contribution in [0.4, 0.5) is 8.78 Å². The topological polar surface area (TPSA) is 58.6 Å². The second-order valence-electron chi connectivity index (χ2n) is 3.75. The molecule has 0 spiro atoms. The van der Waals surface area contributed by atoms with Crippen LogP contribution in [0.2, 0.25) is 0 Å². The number of carbonyl (C=O) groups is 1. The number of aliphatic hydroxyl groups excluding tert-OH is 1. The van der Waals surface area contributed by atoms with E-state index in [-0.39, 0.29) is 25.0 Å². The van der Waals surface area contributed by atoms with Crippen LogP contribution in [-0.2, 0) is 4.79 Å². The minimum absolute atomic E-state index is 0.0558. The summed E-state index contributed by atoms with van der Waals surface area (Å²) in [6.45, 7) is 1.28. The summed E-state index contributed by atoms with van der Waals surface area (Å²) in [5, 5.41) is 11.4. The summed E-state index contributed by atoms with van der Waals surface area (Å²) < 4.78 is 30.6. The largest absolute Gasteiger partial charge is 0.484 e. The molecule has 0 aliphatic heterocycles. The van der Waals surface area contributed by atoms with Crippen LogP contribution in [0, 0.1) is 11.6 Å². The molecule has 1 aromatic carbocycles. The van der Waals surface area contributed by atoms with Crippen LogP contribution in [-0.4, -0.2) is 30.3 Å². The predicted molar refractivity (Wildman–Crippen MR) is 61.2 cm³/mol. The lowest BCUT2D eigenvalue weighted by Gasteiger charge is -2.14. The molecule has 0 saturated heterocycles. The van der Waals surface area contributed by atoms with Gasteiger partial charge in [-0.05, 0) is 6.42 Å². The molecule has 0 saturated carbocycles. The van der Waals surface area contributed by atoms with E-state index in [4.69, 9.17) is 9.84 Å². The number of carbonyl (C=O) groups excluding carboxylic acids is 1. The first-order valence-electron chi connectivity index (χ1n) is 5.54. The zero-order valence-corrected chi connectivity index (χ0v) is 9.95. The summed E-state index contributed by atoms with van der Waals surface area (Å²) in [7, 11) is 0. The molecule has 0 radical (unpaired) electrons. The monoisotopic (exact) mass is 259 g/mol. The summed E-state index contributed by atoms with van der Waals surface area (Å²) in [6, 6.07) is 2.34. The predicted octanol–water partition coefficient (Wildman–Crippen LogP) is 1.23. The molecular weight excluding hydrogens is 244 g/mol. The number of hydrogen-bond acceptors (Lipinski definition) is 3. The Kier molecular flexibility index (Phi) is 5.51. The van der Waals surface area contributed by atoms with Crippen molar-refractivity contribution >= 4 is 5.91 Å². The Morgan fingerprint density at radius 2 is 2.00 bits per heavy atom. The molecule has 0 heterocycles. The summed E-state index contributed by atoms with van der Waals surface area (Å²) in [4.78, 5) is 11.4. The number of aliphatic hydroxyl groups is 1. The van der Waals surface area contributed by atoms with Crippen molar-refractivity contribution in [3.63, 3.8) is 0 Å². The minimum atomic E-state index is -0.771. The molecule has 0 aliphatic carbocycles. The van der Waals surface area contributed by atoms with E-state index in [1.165, 1.54) is 0 Å². The van der Waals surface area contributed by atoms with E-state index >= 15 is 0 Å². The Hall–Kier alpha value is -1.69. The molecule has 1 unspecified atom stereocenters. The van der Waals surface area contributed by atoms with Crippen molar-refractivity contribution in [3.05, 3.63) is 29.8 Å². The van der Waals surface area contributed by atoms with Crippen LogP contribution in [0.5, 0.6) is 5.75 Å². The second-order valence-corrected chi connectivity index (χ2v) is 3.75. The van der Waals surface area contributed by atoms with E-state index < -0.39 is 17.5 Å². The molecule has 100 valence electrons. The summed E-state index contributed by atoms with van der Waals surface area (Å²) >= 11 is 0. The summed E-state index contributed by atoms with van der Waals surface area (Å²) in [5.41, 5.74) is 0. The van der Waals surface area contributed by atoms with Crippen LogP contribution in [0.3, 0.4) is 0 Å². The van der Waals surface area contributed by atoms with E-state index in [2.05, 4.69) is 5.32 Å². The average Bonchev–Trinajstić information content (AvgIpc) is 2.32. The average molecular weight is 259 g/mol.